The monoisotopic (exact) mass is 221 g/mol. The largest absolute Gasteiger partial charge is 0.493 e. The van der Waals surface area contributed by atoms with Gasteiger partial charge in [-0.25, -0.2) is 0 Å². The molecule has 16 heavy (non-hydrogen) atoms. The van der Waals surface area contributed by atoms with E-state index < -0.39 is 0 Å². The molecule has 86 valence electrons. The fourth-order valence-corrected chi connectivity index (χ4v) is 1.56. The quantitative estimate of drug-likeness (QED) is 0.818. The predicted octanol–water partition coefficient (Wildman–Crippen LogP) is 1.50. The van der Waals surface area contributed by atoms with Crippen LogP contribution in [0.25, 0.3) is 0 Å². The lowest BCUT2D eigenvalue weighted by molar-refractivity contribution is 0.287. The van der Waals surface area contributed by atoms with Gasteiger partial charge >= 0.3 is 0 Å². The summed E-state index contributed by atoms with van der Waals surface area (Å²) in [4.78, 5) is 0. The van der Waals surface area contributed by atoms with Gasteiger partial charge in [0, 0.05) is 12.7 Å². The minimum absolute atomic E-state index is 0.113. The highest BCUT2D eigenvalue weighted by Gasteiger charge is 2.11. The Morgan fingerprint density at radius 1 is 1.31 bits per heavy atom. The van der Waals surface area contributed by atoms with Crippen LogP contribution in [0.15, 0.2) is 12.1 Å². The number of ether oxygens (including phenoxy) is 2. The zero-order valence-corrected chi connectivity index (χ0v) is 9.49. The van der Waals surface area contributed by atoms with Gasteiger partial charge in [-0.1, -0.05) is 0 Å². The lowest BCUT2D eigenvalue weighted by Crippen LogP contribution is -1.99. The van der Waals surface area contributed by atoms with Crippen molar-refractivity contribution >= 4 is 0 Å². The molecule has 1 rings (SSSR count). The molecule has 0 heterocycles. The molecule has 0 amide bonds. The molecule has 1 N–H and O–H groups in total. The summed E-state index contributed by atoms with van der Waals surface area (Å²) in [7, 11) is 3.10. The Kier molecular flexibility index (Phi) is 4.62. The zero-order chi connectivity index (χ0) is 12.0. The normalized spacial score (nSPS) is 9.62. The lowest BCUT2D eigenvalue weighted by Gasteiger charge is -2.12. The van der Waals surface area contributed by atoms with Crippen molar-refractivity contribution in [3.05, 3.63) is 23.3 Å². The summed E-state index contributed by atoms with van der Waals surface area (Å²) in [5.74, 6) is 1.18. The van der Waals surface area contributed by atoms with E-state index in [1.807, 2.05) is 0 Å². The van der Waals surface area contributed by atoms with Gasteiger partial charge < -0.3 is 14.6 Å². The number of nitrogens with zero attached hydrogens (tertiary/aromatic N) is 1. The third-order valence-corrected chi connectivity index (χ3v) is 2.29. The van der Waals surface area contributed by atoms with E-state index >= 15 is 0 Å². The molecule has 0 saturated carbocycles. The summed E-state index contributed by atoms with van der Waals surface area (Å²) in [5.41, 5.74) is 1.41. The Bertz CT molecular complexity index is 396. The number of benzene rings is 1. The second-order valence-corrected chi connectivity index (χ2v) is 3.31. The van der Waals surface area contributed by atoms with E-state index in [0.29, 0.717) is 29.9 Å². The van der Waals surface area contributed by atoms with Crippen LogP contribution in [0.4, 0.5) is 0 Å². The van der Waals surface area contributed by atoms with Gasteiger partial charge in [0.2, 0.25) is 0 Å². The molecule has 0 unspecified atom stereocenters. The first kappa shape index (κ1) is 12.3. The third-order valence-electron chi connectivity index (χ3n) is 2.29. The number of hydrogen-bond acceptors (Lipinski definition) is 4. The number of rotatable bonds is 5. The molecule has 0 aliphatic rings. The number of aliphatic hydroxyl groups excluding tert-OH is 1. The van der Waals surface area contributed by atoms with Crippen LogP contribution in [-0.2, 0) is 6.42 Å². The van der Waals surface area contributed by atoms with Gasteiger partial charge in [-0.15, -0.1) is 0 Å². The van der Waals surface area contributed by atoms with Crippen molar-refractivity contribution in [1.82, 2.24) is 0 Å². The maximum absolute atomic E-state index is 8.88. The molecule has 1 aromatic carbocycles. The molecule has 0 aromatic heterocycles. The molecule has 0 aliphatic carbocycles. The number of hydrogen-bond donors (Lipinski definition) is 1. The van der Waals surface area contributed by atoms with Crippen molar-refractivity contribution in [2.45, 2.75) is 12.8 Å². The molecular formula is C12H15NO3. The van der Waals surface area contributed by atoms with Crippen LogP contribution < -0.4 is 9.47 Å². The molecule has 4 heteroatoms. The van der Waals surface area contributed by atoms with Crippen LogP contribution in [0.1, 0.15) is 17.5 Å². The molecule has 0 bridgehead atoms. The summed E-state index contributed by atoms with van der Waals surface area (Å²) in [6.45, 7) is 0.113. The second kappa shape index (κ2) is 5.99. The average Bonchev–Trinajstić information content (AvgIpc) is 2.34. The van der Waals surface area contributed by atoms with Crippen LogP contribution >= 0.6 is 0 Å². The Morgan fingerprint density at radius 3 is 2.56 bits per heavy atom. The molecule has 0 atom stereocenters. The van der Waals surface area contributed by atoms with E-state index in [1.54, 1.807) is 19.2 Å². The topological polar surface area (TPSA) is 62.5 Å². The summed E-state index contributed by atoms with van der Waals surface area (Å²) in [6, 6.07) is 5.47. The van der Waals surface area contributed by atoms with Gasteiger partial charge in [0.15, 0.2) is 11.5 Å². The minimum Gasteiger partial charge on any atom is -0.493 e. The highest BCUT2D eigenvalue weighted by Crippen LogP contribution is 2.33. The number of methoxy groups -OCH3 is 2. The molecule has 0 spiro atoms. The van der Waals surface area contributed by atoms with E-state index in [2.05, 4.69) is 6.07 Å². The van der Waals surface area contributed by atoms with E-state index in [9.17, 15) is 0 Å². The molecule has 0 radical (unpaired) electrons. The van der Waals surface area contributed by atoms with E-state index in [4.69, 9.17) is 19.8 Å². The van der Waals surface area contributed by atoms with Crippen LogP contribution in [-0.4, -0.2) is 25.9 Å². The fraction of sp³-hybridized carbons (Fsp3) is 0.417. The zero-order valence-electron chi connectivity index (χ0n) is 9.49. The van der Waals surface area contributed by atoms with E-state index in [1.165, 1.54) is 7.11 Å². The predicted molar refractivity (Wildman–Crippen MR) is 59.7 cm³/mol. The van der Waals surface area contributed by atoms with Crippen LogP contribution in [0.2, 0.25) is 0 Å². The first-order valence-corrected chi connectivity index (χ1v) is 5.02. The van der Waals surface area contributed by atoms with Crippen molar-refractivity contribution in [1.29, 1.82) is 5.26 Å². The standard InChI is InChI=1S/C12H15NO3/c1-15-11-7-9(8-13)6-10(4-3-5-14)12(11)16-2/h6-7,14H,3-5H2,1-2H3. The number of aliphatic hydroxyl groups is 1. The van der Waals surface area contributed by atoms with Gasteiger partial charge in [-0.3, -0.25) is 0 Å². The summed E-state index contributed by atoms with van der Waals surface area (Å²) < 4.78 is 10.4. The molecule has 0 saturated heterocycles. The van der Waals surface area contributed by atoms with E-state index in [0.717, 1.165) is 5.56 Å². The second-order valence-electron chi connectivity index (χ2n) is 3.31. The highest BCUT2D eigenvalue weighted by molar-refractivity contribution is 5.52. The maximum atomic E-state index is 8.88. The average molecular weight is 221 g/mol. The van der Waals surface area contributed by atoms with Crippen molar-refractivity contribution in [3.8, 4) is 17.6 Å². The number of aryl methyl sites for hydroxylation is 1. The number of nitriles is 1. The summed E-state index contributed by atoms with van der Waals surface area (Å²) >= 11 is 0. The summed E-state index contributed by atoms with van der Waals surface area (Å²) in [5, 5.41) is 17.7. The van der Waals surface area contributed by atoms with Crippen molar-refractivity contribution in [2.24, 2.45) is 0 Å². The molecule has 0 fully saturated rings. The fourth-order valence-electron chi connectivity index (χ4n) is 1.56. The van der Waals surface area contributed by atoms with Crippen molar-refractivity contribution in [2.75, 3.05) is 20.8 Å². The Hall–Kier alpha value is -1.73. The first-order valence-electron chi connectivity index (χ1n) is 5.02. The van der Waals surface area contributed by atoms with Crippen LogP contribution in [0.3, 0.4) is 0 Å². The van der Waals surface area contributed by atoms with Crippen LogP contribution in [0.5, 0.6) is 11.5 Å². The summed E-state index contributed by atoms with van der Waals surface area (Å²) in [6.07, 6.45) is 1.29. The van der Waals surface area contributed by atoms with Crippen molar-refractivity contribution < 1.29 is 14.6 Å². The molecule has 4 nitrogen and oxygen atoms in total. The Morgan fingerprint density at radius 2 is 2.06 bits per heavy atom. The smallest absolute Gasteiger partial charge is 0.163 e. The van der Waals surface area contributed by atoms with Gasteiger partial charge in [0.05, 0.1) is 25.9 Å². The third kappa shape index (κ3) is 2.65. The maximum Gasteiger partial charge on any atom is 0.163 e. The Labute approximate surface area is 95.0 Å². The minimum atomic E-state index is 0.113. The molecule has 0 aliphatic heterocycles. The van der Waals surface area contributed by atoms with Gasteiger partial charge in [-0.05, 0) is 24.5 Å². The SMILES string of the molecule is COc1cc(C#N)cc(CCCO)c1OC. The molecular weight excluding hydrogens is 206 g/mol. The van der Waals surface area contributed by atoms with Crippen LogP contribution in [0, 0.1) is 11.3 Å². The van der Waals surface area contributed by atoms with Gasteiger partial charge in [0.25, 0.3) is 0 Å². The van der Waals surface area contributed by atoms with Gasteiger partial charge in [-0.2, -0.15) is 5.26 Å². The Balaban J connectivity index is 3.16. The first-order chi connectivity index (χ1) is 7.76. The highest BCUT2D eigenvalue weighted by atomic mass is 16.5. The van der Waals surface area contributed by atoms with Gasteiger partial charge in [0.1, 0.15) is 0 Å². The van der Waals surface area contributed by atoms with E-state index in [-0.39, 0.29) is 6.61 Å². The lowest BCUT2D eigenvalue weighted by atomic mass is 10.0. The molecule has 1 aromatic rings. The van der Waals surface area contributed by atoms with Crippen molar-refractivity contribution in [3.63, 3.8) is 0 Å².